The number of para-hydroxylation sites is 1. The first-order chi connectivity index (χ1) is 12.2. The first-order valence-electron chi connectivity index (χ1n) is 7.92. The number of hydrogen-bond acceptors (Lipinski definition) is 6. The summed E-state index contributed by atoms with van der Waals surface area (Å²) in [5, 5.41) is 14.7. The molecule has 2 rings (SSSR count). The molecule has 2 amide bonds. The van der Waals surface area contributed by atoms with Gasteiger partial charge in [-0.2, -0.15) is 12.6 Å². The summed E-state index contributed by atoms with van der Waals surface area (Å²) < 4.78 is 28.8. The van der Waals surface area contributed by atoms with Gasteiger partial charge < -0.3 is 10.2 Å². The minimum absolute atomic E-state index is 0.225. The number of rotatable bonds is 4. The monoisotopic (exact) mass is 449 g/mol. The molecule has 0 aliphatic carbocycles. The molecule has 0 bridgehead atoms. The van der Waals surface area contributed by atoms with Gasteiger partial charge in [-0.3, -0.25) is 4.79 Å². The van der Waals surface area contributed by atoms with E-state index in [1.54, 1.807) is 0 Å². The van der Waals surface area contributed by atoms with Crippen molar-refractivity contribution in [2.75, 3.05) is 37.2 Å². The van der Waals surface area contributed by atoms with Crippen molar-refractivity contribution in [3.8, 4) is 5.75 Å². The average Bonchev–Trinajstić information content (AvgIpc) is 2.57. The van der Waals surface area contributed by atoms with Crippen molar-refractivity contribution in [2.45, 2.75) is 13.3 Å². The van der Waals surface area contributed by atoms with Gasteiger partial charge in [0.1, 0.15) is 0 Å². The number of nitrogens with one attached hydrogen (secondary N) is 2. The van der Waals surface area contributed by atoms with Crippen LogP contribution in [0.4, 0.5) is 5.69 Å². The van der Waals surface area contributed by atoms with Crippen LogP contribution >= 0.6 is 12.6 Å². The fraction of sp³-hybridized carbons (Fsp3) is 0.467. The smallest absolute Gasteiger partial charge is 0.223 e. The second-order valence-corrected chi connectivity index (χ2v) is 9.24. The Balaban J connectivity index is 0.000000273. The Labute approximate surface area is 160 Å². The Morgan fingerprint density at radius 3 is 2.42 bits per heavy atom. The zero-order valence-corrected chi connectivity index (χ0v) is 17.2. The second-order valence-electron chi connectivity index (χ2n) is 5.50. The number of benzene rings is 1. The van der Waals surface area contributed by atoms with Crippen molar-refractivity contribution < 1.29 is 26.6 Å². The number of nitrogens with zero attached hydrogens (tertiary/aromatic N) is 1. The van der Waals surface area contributed by atoms with Crippen LogP contribution in [0, 0.1) is 0 Å². The number of piperazine rings is 1. The number of phenolic OH excluding ortho intramolecular Hbond substituents is 1. The van der Waals surface area contributed by atoms with Crippen molar-refractivity contribution in [2.24, 2.45) is 0 Å². The number of carbonyl (C=O) groups excluding carboxylic acids is 2. The van der Waals surface area contributed by atoms with Crippen molar-refractivity contribution >= 4 is 48.7 Å². The Morgan fingerprint density at radius 2 is 1.92 bits per heavy atom. The summed E-state index contributed by atoms with van der Waals surface area (Å²) in [6, 6.07) is 3.71. The van der Waals surface area contributed by atoms with Gasteiger partial charge in [0.2, 0.25) is 5.91 Å². The molecule has 1 aromatic rings. The summed E-state index contributed by atoms with van der Waals surface area (Å²) in [5.41, 5.74) is -0.225. The molecule has 0 saturated carbocycles. The van der Waals surface area contributed by atoms with E-state index in [2.05, 4.69) is 23.3 Å². The van der Waals surface area contributed by atoms with Gasteiger partial charge in [0.25, 0.3) is 0 Å². The molecule has 1 aliphatic heterocycles. The minimum Gasteiger partial charge on any atom is -0.340 e. The molecular weight excluding hydrogens is 425 g/mol. The topological polar surface area (TPSA) is 139 Å². The van der Waals surface area contributed by atoms with Crippen LogP contribution in [0.25, 0.3) is 0 Å². The molecule has 1 saturated heterocycles. The van der Waals surface area contributed by atoms with E-state index in [0.29, 0.717) is 12.2 Å². The van der Waals surface area contributed by atoms with Gasteiger partial charge in [-0.05, 0) is 5.75 Å². The molecule has 0 radical (unpaired) electrons. The van der Waals surface area contributed by atoms with Gasteiger partial charge >= 0.3 is 88.1 Å². The molecule has 1 fully saturated rings. The number of aromatic hydroxyl groups is 1. The molecule has 0 spiro atoms. The molecular formula is C15H24AsN3O6S. The van der Waals surface area contributed by atoms with E-state index >= 15 is 0 Å². The second kappa shape index (κ2) is 10.6. The first-order valence-corrected chi connectivity index (χ1v) is 11.9. The van der Waals surface area contributed by atoms with E-state index in [1.165, 1.54) is 25.1 Å². The summed E-state index contributed by atoms with van der Waals surface area (Å²) in [7, 11) is 0. The van der Waals surface area contributed by atoms with E-state index in [1.807, 2.05) is 4.90 Å². The van der Waals surface area contributed by atoms with Gasteiger partial charge in [-0.25, -0.2) is 0 Å². The van der Waals surface area contributed by atoms with Crippen LogP contribution in [-0.4, -0.2) is 76.1 Å². The predicted molar refractivity (Wildman–Crippen MR) is 101 cm³/mol. The molecule has 5 N–H and O–H groups in total. The molecule has 0 unspecified atom stereocenters. The van der Waals surface area contributed by atoms with Crippen LogP contribution < -0.4 is 15.0 Å². The molecule has 1 aromatic carbocycles. The normalized spacial score (nSPS) is 14.2. The zero-order chi connectivity index (χ0) is 19.7. The maximum Gasteiger partial charge on any atom is 0.223 e. The predicted octanol–water partition coefficient (Wildman–Crippen LogP) is -1.35. The SMILES string of the molecule is CC(=O)Nc1c(O)cccc1[As](=O)(O)O.O=C(CCS)N1CCNCC1. The van der Waals surface area contributed by atoms with Crippen molar-refractivity contribution in [3.63, 3.8) is 0 Å². The number of anilines is 1. The van der Waals surface area contributed by atoms with Crippen LogP contribution in [0.1, 0.15) is 13.3 Å². The van der Waals surface area contributed by atoms with Crippen molar-refractivity contribution in [3.05, 3.63) is 18.2 Å². The molecule has 0 aromatic heterocycles. The van der Waals surface area contributed by atoms with E-state index in [-0.39, 0.29) is 21.7 Å². The van der Waals surface area contributed by atoms with Gasteiger partial charge in [-0.15, -0.1) is 0 Å². The van der Waals surface area contributed by atoms with Crippen LogP contribution in [0.5, 0.6) is 5.75 Å². The van der Waals surface area contributed by atoms with E-state index in [9.17, 15) is 18.4 Å². The maximum atomic E-state index is 11.2. The van der Waals surface area contributed by atoms with Crippen LogP contribution in [0.15, 0.2) is 18.2 Å². The zero-order valence-electron chi connectivity index (χ0n) is 14.4. The number of amides is 2. The number of thiol groups is 1. The number of phenols is 1. The van der Waals surface area contributed by atoms with Gasteiger partial charge in [0.15, 0.2) is 0 Å². The fourth-order valence-corrected chi connectivity index (χ4v) is 3.99. The summed E-state index contributed by atoms with van der Waals surface area (Å²) >= 11 is -1.13. The third-order valence-electron chi connectivity index (χ3n) is 3.43. The Kier molecular flexibility index (Phi) is 9.24. The third-order valence-corrected chi connectivity index (χ3v) is 5.75. The van der Waals surface area contributed by atoms with Crippen molar-refractivity contribution in [1.29, 1.82) is 0 Å². The number of carbonyl (C=O) groups is 2. The summed E-state index contributed by atoms with van der Waals surface area (Å²) in [4.78, 5) is 23.9. The van der Waals surface area contributed by atoms with Gasteiger partial charge in [0.05, 0.1) is 0 Å². The standard InChI is InChI=1S/C8H10AsNO5.C7H14N2OS/c1-5(11)10-8-6(9(13,14)15)3-2-4-7(8)12;10-7(1-6-11)9-4-2-8-3-5-9/h2-4,12H,1H3,(H,10,11)(H2,13,14,15);8,11H,1-6H2. The third kappa shape index (κ3) is 7.43. The van der Waals surface area contributed by atoms with Gasteiger partial charge in [0, 0.05) is 32.6 Å². The maximum absolute atomic E-state index is 11.2. The molecule has 26 heavy (non-hydrogen) atoms. The minimum atomic E-state index is -5.14. The molecule has 1 aliphatic rings. The fourth-order valence-electron chi connectivity index (χ4n) is 2.24. The van der Waals surface area contributed by atoms with Crippen LogP contribution in [0.2, 0.25) is 0 Å². The van der Waals surface area contributed by atoms with Crippen LogP contribution in [-0.2, 0) is 13.3 Å². The number of hydrogen-bond donors (Lipinski definition) is 6. The Morgan fingerprint density at radius 1 is 1.31 bits per heavy atom. The van der Waals surface area contributed by atoms with E-state index < -0.39 is 20.1 Å². The Bertz CT molecular complexity index is 675. The summed E-state index contributed by atoms with van der Waals surface area (Å²) in [6.07, 6.45) is 0.573. The van der Waals surface area contributed by atoms with Gasteiger partial charge in [-0.1, -0.05) is 0 Å². The van der Waals surface area contributed by atoms with Crippen molar-refractivity contribution in [1.82, 2.24) is 10.2 Å². The average molecular weight is 449 g/mol. The quantitative estimate of drug-likeness (QED) is 0.190. The summed E-state index contributed by atoms with van der Waals surface area (Å²) in [5.74, 6) is 0.0126. The Hall–Kier alpha value is -1.45. The molecule has 0 atom stereocenters. The van der Waals surface area contributed by atoms with E-state index in [0.717, 1.165) is 26.2 Å². The largest absolute Gasteiger partial charge is 0.340 e. The molecule has 146 valence electrons. The van der Waals surface area contributed by atoms with E-state index in [4.69, 9.17) is 8.19 Å². The molecule has 1 heterocycles. The molecule has 9 nitrogen and oxygen atoms in total. The van der Waals surface area contributed by atoms with Crippen LogP contribution in [0.3, 0.4) is 0 Å². The first kappa shape index (κ1) is 22.6. The molecule has 11 heteroatoms. The summed E-state index contributed by atoms with van der Waals surface area (Å²) in [6.45, 7) is 4.75.